The van der Waals surface area contributed by atoms with E-state index in [1.54, 1.807) is 11.8 Å². The zero-order valence-corrected chi connectivity index (χ0v) is 14.5. The second kappa shape index (κ2) is 7.27. The number of ether oxygens (including phenoxy) is 1. The fourth-order valence-electron chi connectivity index (χ4n) is 1.96. The van der Waals surface area contributed by atoms with Gasteiger partial charge >= 0.3 is 0 Å². The van der Waals surface area contributed by atoms with Crippen LogP contribution in [0.15, 0.2) is 30.5 Å². The highest BCUT2D eigenvalue weighted by Gasteiger charge is 2.09. The highest BCUT2D eigenvalue weighted by molar-refractivity contribution is 7.15. The summed E-state index contributed by atoms with van der Waals surface area (Å²) in [6, 6.07) is 7.29. The molecule has 0 radical (unpaired) electrons. The van der Waals surface area contributed by atoms with Crippen molar-refractivity contribution in [3.63, 3.8) is 0 Å². The highest BCUT2D eigenvalue weighted by Crippen LogP contribution is 2.25. The van der Waals surface area contributed by atoms with Crippen molar-refractivity contribution >= 4 is 45.5 Å². The number of nitrogens with zero attached hydrogens (tertiary/aromatic N) is 4. The van der Waals surface area contributed by atoms with Crippen LogP contribution in [0.3, 0.4) is 0 Å². The van der Waals surface area contributed by atoms with Crippen LogP contribution in [-0.2, 0) is 17.9 Å². The minimum absolute atomic E-state index is 0.443. The maximum atomic E-state index is 6.18. The maximum Gasteiger partial charge on any atom is 0.211 e. The lowest BCUT2D eigenvalue weighted by Gasteiger charge is -2.06. The van der Waals surface area contributed by atoms with E-state index in [2.05, 4.69) is 20.6 Å². The molecule has 3 aromatic rings. The van der Waals surface area contributed by atoms with Crippen molar-refractivity contribution in [1.29, 1.82) is 0 Å². The highest BCUT2D eigenvalue weighted by atomic mass is 35.5. The SMILES string of the molecule is COCc1nnc(Nc2ccn(Cc3c(Cl)cccc3Cl)n2)s1. The first-order chi connectivity index (χ1) is 11.2. The van der Waals surface area contributed by atoms with Crippen LogP contribution in [0.4, 0.5) is 10.9 Å². The van der Waals surface area contributed by atoms with E-state index < -0.39 is 0 Å². The van der Waals surface area contributed by atoms with Gasteiger partial charge in [0.2, 0.25) is 5.13 Å². The summed E-state index contributed by atoms with van der Waals surface area (Å²) in [5.74, 6) is 0.674. The summed E-state index contributed by atoms with van der Waals surface area (Å²) in [5, 5.41) is 18.3. The molecule has 3 rings (SSSR count). The van der Waals surface area contributed by atoms with Crippen molar-refractivity contribution in [2.45, 2.75) is 13.2 Å². The number of hydrogen-bond acceptors (Lipinski definition) is 6. The summed E-state index contributed by atoms with van der Waals surface area (Å²) in [4.78, 5) is 0. The molecule has 0 aliphatic carbocycles. The predicted octanol–water partition coefficient (Wildman–Crippen LogP) is 3.98. The molecule has 23 heavy (non-hydrogen) atoms. The van der Waals surface area contributed by atoms with Crippen LogP contribution in [0.25, 0.3) is 0 Å². The van der Waals surface area contributed by atoms with Crippen molar-refractivity contribution in [2.24, 2.45) is 0 Å². The molecule has 9 heteroatoms. The Morgan fingerprint density at radius 2 is 2.00 bits per heavy atom. The van der Waals surface area contributed by atoms with E-state index in [9.17, 15) is 0 Å². The first-order valence-corrected chi connectivity index (χ1v) is 8.27. The molecule has 0 aliphatic rings. The lowest BCUT2D eigenvalue weighted by atomic mass is 10.2. The van der Waals surface area contributed by atoms with Gasteiger partial charge in [-0.25, -0.2) is 0 Å². The molecule has 2 heterocycles. The van der Waals surface area contributed by atoms with Crippen LogP contribution in [0, 0.1) is 0 Å². The van der Waals surface area contributed by atoms with E-state index in [0.29, 0.717) is 34.1 Å². The summed E-state index contributed by atoms with van der Waals surface area (Å²) in [6.45, 7) is 0.935. The van der Waals surface area contributed by atoms with Crippen molar-refractivity contribution in [3.05, 3.63) is 51.1 Å². The monoisotopic (exact) mass is 369 g/mol. The van der Waals surface area contributed by atoms with Gasteiger partial charge in [0, 0.05) is 35.0 Å². The summed E-state index contributed by atoms with van der Waals surface area (Å²) >= 11 is 13.8. The van der Waals surface area contributed by atoms with Crippen molar-refractivity contribution in [2.75, 3.05) is 12.4 Å². The molecule has 1 N–H and O–H groups in total. The molecule has 0 amide bonds. The fourth-order valence-corrected chi connectivity index (χ4v) is 3.19. The lowest BCUT2D eigenvalue weighted by molar-refractivity contribution is 0.184. The van der Waals surface area contributed by atoms with E-state index >= 15 is 0 Å². The van der Waals surface area contributed by atoms with E-state index in [1.807, 2.05) is 30.5 Å². The van der Waals surface area contributed by atoms with Crippen LogP contribution in [0.5, 0.6) is 0 Å². The number of benzene rings is 1. The van der Waals surface area contributed by atoms with E-state index in [0.717, 1.165) is 10.6 Å². The Morgan fingerprint density at radius 3 is 2.74 bits per heavy atom. The Bertz CT molecular complexity index is 784. The Hall–Kier alpha value is -1.67. The first-order valence-electron chi connectivity index (χ1n) is 6.70. The quantitative estimate of drug-likeness (QED) is 0.711. The molecular weight excluding hydrogens is 357 g/mol. The zero-order valence-electron chi connectivity index (χ0n) is 12.2. The van der Waals surface area contributed by atoms with Crippen molar-refractivity contribution < 1.29 is 4.74 Å². The predicted molar refractivity (Wildman–Crippen MR) is 91.7 cm³/mol. The number of aromatic nitrogens is 4. The van der Waals surface area contributed by atoms with Gasteiger partial charge in [-0.1, -0.05) is 40.6 Å². The third-order valence-electron chi connectivity index (χ3n) is 2.99. The number of anilines is 2. The van der Waals surface area contributed by atoms with Gasteiger partial charge in [-0.15, -0.1) is 10.2 Å². The third-order valence-corrected chi connectivity index (χ3v) is 4.51. The Kier molecular flexibility index (Phi) is 5.12. The zero-order chi connectivity index (χ0) is 16.2. The third kappa shape index (κ3) is 4.00. The first kappa shape index (κ1) is 16.2. The van der Waals surface area contributed by atoms with Gasteiger partial charge < -0.3 is 10.1 Å². The van der Waals surface area contributed by atoms with Gasteiger partial charge in [0.05, 0.1) is 6.54 Å². The molecule has 0 bridgehead atoms. The molecule has 0 saturated carbocycles. The topological polar surface area (TPSA) is 64.9 Å². The fraction of sp³-hybridized carbons (Fsp3) is 0.214. The normalized spacial score (nSPS) is 10.9. The molecule has 120 valence electrons. The molecule has 0 spiro atoms. The second-order valence-corrected chi connectivity index (χ2v) is 6.53. The van der Waals surface area contributed by atoms with Crippen LogP contribution < -0.4 is 5.32 Å². The minimum Gasteiger partial charge on any atom is -0.377 e. The largest absolute Gasteiger partial charge is 0.377 e. The van der Waals surface area contributed by atoms with Gasteiger partial charge in [0.25, 0.3) is 0 Å². The van der Waals surface area contributed by atoms with Crippen LogP contribution in [0.2, 0.25) is 10.0 Å². The smallest absolute Gasteiger partial charge is 0.211 e. The number of nitrogens with one attached hydrogen (secondary N) is 1. The molecule has 0 fully saturated rings. The number of rotatable bonds is 6. The summed E-state index contributed by atoms with van der Waals surface area (Å²) in [6.07, 6.45) is 1.85. The molecule has 0 saturated heterocycles. The Labute approximate surface area is 147 Å². The average Bonchev–Trinajstić information content (AvgIpc) is 3.14. The number of methoxy groups -OCH3 is 1. The van der Waals surface area contributed by atoms with Gasteiger partial charge in [0.1, 0.15) is 11.6 Å². The molecular formula is C14H13Cl2N5OS. The van der Waals surface area contributed by atoms with Crippen LogP contribution >= 0.6 is 34.5 Å². The Morgan fingerprint density at radius 1 is 1.22 bits per heavy atom. The van der Waals surface area contributed by atoms with E-state index in [4.69, 9.17) is 27.9 Å². The number of hydrogen-bond donors (Lipinski definition) is 1. The molecule has 2 aromatic heterocycles. The van der Waals surface area contributed by atoms with Gasteiger partial charge in [-0.05, 0) is 12.1 Å². The molecule has 1 aromatic carbocycles. The van der Waals surface area contributed by atoms with Crippen LogP contribution in [-0.4, -0.2) is 27.1 Å². The maximum absolute atomic E-state index is 6.18. The van der Waals surface area contributed by atoms with E-state index in [-0.39, 0.29) is 0 Å². The molecule has 0 aliphatic heterocycles. The van der Waals surface area contributed by atoms with Crippen LogP contribution in [0.1, 0.15) is 10.6 Å². The van der Waals surface area contributed by atoms with Crippen molar-refractivity contribution in [3.8, 4) is 0 Å². The number of halogens is 2. The second-order valence-electron chi connectivity index (χ2n) is 4.66. The molecule has 0 atom stereocenters. The van der Waals surface area contributed by atoms with Gasteiger partial charge in [0.15, 0.2) is 5.82 Å². The van der Waals surface area contributed by atoms with Crippen molar-refractivity contribution in [1.82, 2.24) is 20.0 Å². The molecule has 6 nitrogen and oxygen atoms in total. The lowest BCUT2D eigenvalue weighted by Crippen LogP contribution is -2.02. The average molecular weight is 370 g/mol. The van der Waals surface area contributed by atoms with Gasteiger partial charge in [-0.3, -0.25) is 4.68 Å². The summed E-state index contributed by atoms with van der Waals surface area (Å²) in [7, 11) is 1.62. The standard InChI is InChI=1S/C14H13Cl2N5OS/c1-22-8-13-18-19-14(23-13)17-12-5-6-21(20-12)7-9-10(15)3-2-4-11(9)16/h2-6H,7-8H2,1H3,(H,17,19,20). The summed E-state index contributed by atoms with van der Waals surface area (Å²) in [5.41, 5.74) is 0.837. The minimum atomic E-state index is 0.443. The van der Waals surface area contributed by atoms with Gasteiger partial charge in [-0.2, -0.15) is 5.10 Å². The Balaban J connectivity index is 1.70. The van der Waals surface area contributed by atoms with E-state index in [1.165, 1.54) is 11.3 Å². The summed E-state index contributed by atoms with van der Waals surface area (Å²) < 4.78 is 6.78. The molecule has 0 unspecified atom stereocenters.